The number of rotatable bonds is 3. The number of halogens is 3. The monoisotopic (exact) mass is 300 g/mol. The summed E-state index contributed by atoms with van der Waals surface area (Å²) in [7, 11) is 0. The van der Waals surface area contributed by atoms with Crippen LogP contribution in [0.15, 0.2) is 24.3 Å². The number of benzene rings is 1. The molecule has 1 aromatic rings. The van der Waals surface area contributed by atoms with Gasteiger partial charge in [-0.2, -0.15) is 13.2 Å². The first-order valence-electron chi connectivity index (χ1n) is 6.57. The van der Waals surface area contributed by atoms with Crippen molar-refractivity contribution >= 4 is 17.6 Å². The number of imide groups is 1. The van der Waals surface area contributed by atoms with Crippen molar-refractivity contribution < 1.29 is 22.8 Å². The van der Waals surface area contributed by atoms with Crippen molar-refractivity contribution in [1.29, 1.82) is 0 Å². The molecule has 0 spiro atoms. The quantitative estimate of drug-likeness (QED) is 0.872. The summed E-state index contributed by atoms with van der Waals surface area (Å²) >= 11 is 0. The summed E-state index contributed by atoms with van der Waals surface area (Å²) in [6, 6.07) is 2.72. The number of hydrogen-bond donors (Lipinski definition) is 1. The fourth-order valence-electron chi connectivity index (χ4n) is 2.16. The van der Waals surface area contributed by atoms with Gasteiger partial charge in [-0.15, -0.1) is 0 Å². The largest absolute Gasteiger partial charge is 0.416 e. The lowest BCUT2D eigenvalue weighted by Crippen LogP contribution is -2.35. The Morgan fingerprint density at radius 3 is 2.29 bits per heavy atom. The van der Waals surface area contributed by atoms with Crippen LogP contribution >= 0.6 is 0 Å². The van der Waals surface area contributed by atoms with Crippen molar-refractivity contribution in [2.24, 2.45) is 5.92 Å². The van der Waals surface area contributed by atoms with E-state index in [0.29, 0.717) is 6.42 Å². The van der Waals surface area contributed by atoms with Crippen LogP contribution in [0.1, 0.15) is 25.8 Å². The number of hydrogen-bond acceptors (Lipinski definition) is 2. The third kappa shape index (κ3) is 2.86. The molecule has 1 saturated heterocycles. The summed E-state index contributed by atoms with van der Waals surface area (Å²) in [6.45, 7) is 3.73. The van der Waals surface area contributed by atoms with Gasteiger partial charge >= 0.3 is 12.2 Å². The van der Waals surface area contributed by atoms with E-state index < -0.39 is 29.7 Å². The van der Waals surface area contributed by atoms with Gasteiger partial charge in [0.15, 0.2) is 0 Å². The standard InChI is InChI=1S/C14H15F3N2O2/c1-3-8(2)11-12(20)19(13(21)18-11)10-6-4-9(5-7-10)14(15,16)17/h4-8,11H,3H2,1-2H3,(H,18,21). The summed E-state index contributed by atoms with van der Waals surface area (Å²) in [5.74, 6) is -0.477. The second kappa shape index (κ2) is 5.38. The zero-order valence-electron chi connectivity index (χ0n) is 11.6. The van der Waals surface area contributed by atoms with Gasteiger partial charge in [0.2, 0.25) is 0 Å². The number of alkyl halides is 3. The normalized spacial score (nSPS) is 20.6. The van der Waals surface area contributed by atoms with Gasteiger partial charge in [0, 0.05) is 0 Å². The minimum absolute atomic E-state index is 0.0408. The van der Waals surface area contributed by atoms with Gasteiger partial charge in [0.25, 0.3) is 5.91 Å². The number of carbonyl (C=O) groups is 2. The van der Waals surface area contributed by atoms with Crippen LogP contribution in [0, 0.1) is 5.92 Å². The average molecular weight is 300 g/mol. The molecule has 3 amide bonds. The van der Waals surface area contributed by atoms with Crippen LogP contribution in [0.25, 0.3) is 0 Å². The molecule has 1 fully saturated rings. The van der Waals surface area contributed by atoms with Crippen LogP contribution in [-0.4, -0.2) is 18.0 Å². The zero-order chi connectivity index (χ0) is 15.8. The molecule has 2 unspecified atom stereocenters. The molecule has 0 saturated carbocycles. The Labute approximate surface area is 119 Å². The molecule has 1 aliphatic heterocycles. The molecule has 114 valence electrons. The molecule has 1 aromatic carbocycles. The average Bonchev–Trinajstić information content (AvgIpc) is 2.72. The maximum Gasteiger partial charge on any atom is 0.416 e. The van der Waals surface area contributed by atoms with E-state index in [2.05, 4.69) is 5.32 Å². The van der Waals surface area contributed by atoms with Crippen molar-refractivity contribution in [3.05, 3.63) is 29.8 Å². The number of urea groups is 1. The fourth-order valence-corrected chi connectivity index (χ4v) is 2.16. The Hall–Kier alpha value is -2.05. The molecule has 0 bridgehead atoms. The molecule has 0 aromatic heterocycles. The Bertz CT molecular complexity index is 554. The molecule has 1 N–H and O–H groups in total. The Balaban J connectivity index is 2.26. The highest BCUT2D eigenvalue weighted by Crippen LogP contribution is 2.31. The van der Waals surface area contributed by atoms with Crippen molar-refractivity contribution in [2.75, 3.05) is 4.90 Å². The van der Waals surface area contributed by atoms with Crippen LogP contribution < -0.4 is 10.2 Å². The van der Waals surface area contributed by atoms with E-state index in [1.807, 2.05) is 13.8 Å². The second-order valence-corrected chi connectivity index (χ2v) is 5.03. The van der Waals surface area contributed by atoms with Crippen LogP contribution in [0.2, 0.25) is 0 Å². The Kier molecular flexibility index (Phi) is 3.93. The van der Waals surface area contributed by atoms with Gasteiger partial charge in [-0.05, 0) is 30.2 Å². The maximum atomic E-state index is 12.5. The molecule has 1 aliphatic rings. The molecule has 2 atom stereocenters. The molecule has 1 heterocycles. The lowest BCUT2D eigenvalue weighted by molar-refractivity contribution is -0.137. The number of carbonyl (C=O) groups excluding carboxylic acids is 2. The van der Waals surface area contributed by atoms with E-state index in [4.69, 9.17) is 0 Å². The van der Waals surface area contributed by atoms with E-state index in [9.17, 15) is 22.8 Å². The van der Waals surface area contributed by atoms with Crippen molar-refractivity contribution in [3.8, 4) is 0 Å². The smallest absolute Gasteiger partial charge is 0.325 e. The highest BCUT2D eigenvalue weighted by atomic mass is 19.4. The lowest BCUT2D eigenvalue weighted by atomic mass is 9.99. The van der Waals surface area contributed by atoms with E-state index in [0.717, 1.165) is 29.2 Å². The zero-order valence-corrected chi connectivity index (χ0v) is 11.6. The predicted molar refractivity (Wildman–Crippen MR) is 70.7 cm³/mol. The fraction of sp³-hybridized carbons (Fsp3) is 0.429. The molecule has 7 heteroatoms. The summed E-state index contributed by atoms with van der Waals surface area (Å²) in [5, 5.41) is 2.56. The molecule has 0 radical (unpaired) electrons. The van der Waals surface area contributed by atoms with E-state index in [1.165, 1.54) is 0 Å². The molecule has 4 nitrogen and oxygen atoms in total. The predicted octanol–water partition coefficient (Wildman–Crippen LogP) is 3.18. The van der Waals surface area contributed by atoms with Gasteiger partial charge in [0.1, 0.15) is 6.04 Å². The number of amides is 3. The van der Waals surface area contributed by atoms with E-state index >= 15 is 0 Å². The van der Waals surface area contributed by atoms with Gasteiger partial charge < -0.3 is 5.32 Å². The van der Waals surface area contributed by atoms with E-state index in [1.54, 1.807) is 0 Å². The first-order valence-corrected chi connectivity index (χ1v) is 6.57. The molecule has 21 heavy (non-hydrogen) atoms. The summed E-state index contributed by atoms with van der Waals surface area (Å²) in [6.07, 6.45) is -3.74. The molecular formula is C14H15F3N2O2. The highest BCUT2D eigenvalue weighted by Gasteiger charge is 2.41. The second-order valence-electron chi connectivity index (χ2n) is 5.03. The van der Waals surface area contributed by atoms with Crippen molar-refractivity contribution in [3.63, 3.8) is 0 Å². The summed E-state index contributed by atoms with van der Waals surface area (Å²) in [5.41, 5.74) is -0.687. The third-order valence-corrected chi connectivity index (χ3v) is 3.63. The lowest BCUT2D eigenvalue weighted by Gasteiger charge is -2.16. The van der Waals surface area contributed by atoms with Crippen LogP contribution in [0.5, 0.6) is 0 Å². The maximum absolute atomic E-state index is 12.5. The Morgan fingerprint density at radius 1 is 1.24 bits per heavy atom. The minimum atomic E-state index is -4.45. The Morgan fingerprint density at radius 2 is 1.81 bits per heavy atom. The first-order chi connectivity index (χ1) is 9.75. The number of nitrogens with one attached hydrogen (secondary N) is 1. The topological polar surface area (TPSA) is 49.4 Å². The summed E-state index contributed by atoms with van der Waals surface area (Å²) < 4.78 is 37.5. The third-order valence-electron chi connectivity index (χ3n) is 3.63. The van der Waals surface area contributed by atoms with Gasteiger partial charge in [-0.25, -0.2) is 9.69 Å². The molecule has 0 aliphatic carbocycles. The summed E-state index contributed by atoms with van der Waals surface area (Å²) in [4.78, 5) is 25.0. The van der Waals surface area contributed by atoms with Gasteiger partial charge in [-0.1, -0.05) is 20.3 Å². The molecule has 2 rings (SSSR count). The van der Waals surface area contributed by atoms with Crippen LogP contribution in [0.3, 0.4) is 0 Å². The van der Waals surface area contributed by atoms with Gasteiger partial charge in [-0.3, -0.25) is 4.79 Å². The SMILES string of the molecule is CCC(C)C1NC(=O)N(c2ccc(C(F)(F)F)cc2)C1=O. The van der Waals surface area contributed by atoms with E-state index in [-0.39, 0.29) is 11.6 Å². The highest BCUT2D eigenvalue weighted by molar-refractivity contribution is 6.21. The van der Waals surface area contributed by atoms with Crippen molar-refractivity contribution in [1.82, 2.24) is 5.32 Å². The number of anilines is 1. The van der Waals surface area contributed by atoms with Gasteiger partial charge in [0.05, 0.1) is 11.3 Å². The van der Waals surface area contributed by atoms with Crippen molar-refractivity contribution in [2.45, 2.75) is 32.5 Å². The first kappa shape index (κ1) is 15.3. The molecular weight excluding hydrogens is 285 g/mol. The number of nitrogens with zero attached hydrogens (tertiary/aromatic N) is 1. The van der Waals surface area contributed by atoms with Crippen LogP contribution in [0.4, 0.5) is 23.7 Å². The minimum Gasteiger partial charge on any atom is -0.325 e. The van der Waals surface area contributed by atoms with Crippen LogP contribution in [-0.2, 0) is 11.0 Å².